The Morgan fingerprint density at radius 1 is 0.641 bits per heavy atom. The van der Waals surface area contributed by atoms with E-state index in [2.05, 4.69) is 96.0 Å². The highest BCUT2D eigenvalue weighted by atomic mass is 79.9. The van der Waals surface area contributed by atoms with E-state index in [0.29, 0.717) is 17.8 Å². The number of nitrogens with zero attached hydrogens (tertiary/aromatic N) is 1. The molecule has 0 bridgehead atoms. The maximum Gasteiger partial charge on any atom is 0.363 e. The van der Waals surface area contributed by atoms with E-state index in [9.17, 15) is 4.79 Å². The van der Waals surface area contributed by atoms with Crippen LogP contribution in [0, 0.1) is 0 Å². The molecule has 4 nitrogen and oxygen atoms in total. The normalized spacial score (nSPS) is 14.0. The smallest absolute Gasteiger partial charge is 0.363 e. The summed E-state index contributed by atoms with van der Waals surface area (Å²) in [4.78, 5) is 16.9. The van der Waals surface area contributed by atoms with Gasteiger partial charge in [-0.1, -0.05) is 72.8 Å². The minimum Gasteiger partial charge on any atom is -1.00 e. The Morgan fingerprint density at radius 3 is 1.64 bits per heavy atom. The van der Waals surface area contributed by atoms with Gasteiger partial charge in [-0.05, 0) is 60.7 Å². The van der Waals surface area contributed by atoms with Crippen molar-refractivity contribution in [2.75, 3.05) is 0 Å². The summed E-state index contributed by atoms with van der Waals surface area (Å²) in [5.74, 6) is 1.23. The Hall–Kier alpha value is -4.05. The fourth-order valence-corrected chi connectivity index (χ4v) is 8.93. The van der Waals surface area contributed by atoms with E-state index in [0.717, 1.165) is 11.3 Å². The third-order valence-corrected chi connectivity index (χ3v) is 10.9. The van der Waals surface area contributed by atoms with Crippen LogP contribution < -0.4 is 32.9 Å². The fraction of sp³-hybridized carbons (Fsp3) is 0.0303. The van der Waals surface area contributed by atoms with Gasteiger partial charge in [-0.15, -0.1) is 0 Å². The number of rotatable bonds is 7. The number of carbonyl (C=O) groups excluding carboxylic acids is 1. The molecule has 4 aromatic carbocycles. The van der Waals surface area contributed by atoms with Crippen LogP contribution in [0.2, 0.25) is 0 Å². The molecule has 39 heavy (non-hydrogen) atoms. The highest BCUT2D eigenvalue weighted by Gasteiger charge is 2.46. The zero-order valence-electron chi connectivity index (χ0n) is 21.0. The van der Waals surface area contributed by atoms with E-state index in [1.54, 1.807) is 6.08 Å². The van der Waals surface area contributed by atoms with Crippen LogP contribution in [0.5, 0.6) is 0 Å². The van der Waals surface area contributed by atoms with Crippen LogP contribution >= 0.6 is 7.26 Å². The Balaban J connectivity index is 0.00000308. The summed E-state index contributed by atoms with van der Waals surface area (Å²) in [7, 11) is -2.09. The Bertz CT molecular complexity index is 1520. The highest BCUT2D eigenvalue weighted by Crippen LogP contribution is 2.58. The van der Waals surface area contributed by atoms with Crippen molar-refractivity contribution in [3.8, 4) is 0 Å². The summed E-state index contributed by atoms with van der Waals surface area (Å²) >= 11 is 0. The van der Waals surface area contributed by atoms with Crippen LogP contribution in [-0.2, 0) is 15.7 Å². The zero-order valence-corrected chi connectivity index (χ0v) is 23.5. The second-order valence-corrected chi connectivity index (χ2v) is 12.5. The van der Waals surface area contributed by atoms with E-state index in [-0.39, 0.29) is 22.7 Å². The summed E-state index contributed by atoms with van der Waals surface area (Å²) in [5.41, 5.74) is 0.979. The van der Waals surface area contributed by atoms with Crippen LogP contribution in [-0.4, -0.2) is 11.9 Å². The van der Waals surface area contributed by atoms with Gasteiger partial charge >= 0.3 is 5.97 Å². The second-order valence-electron chi connectivity index (χ2n) is 8.98. The maximum atomic E-state index is 12.5. The molecule has 0 N–H and O–H groups in total. The van der Waals surface area contributed by atoms with Crippen LogP contribution in [0.3, 0.4) is 0 Å². The third kappa shape index (κ3) is 5.42. The number of benzene rings is 4. The van der Waals surface area contributed by atoms with Crippen molar-refractivity contribution in [2.24, 2.45) is 4.99 Å². The van der Waals surface area contributed by atoms with E-state index in [1.165, 1.54) is 15.9 Å². The van der Waals surface area contributed by atoms with Gasteiger partial charge in [-0.3, -0.25) is 0 Å². The van der Waals surface area contributed by atoms with Gasteiger partial charge in [0.05, 0.1) is 0 Å². The quantitative estimate of drug-likeness (QED) is 0.166. The molecule has 1 aromatic heterocycles. The molecule has 6 rings (SSSR count). The molecule has 0 aliphatic carbocycles. The molecule has 2 heterocycles. The second kappa shape index (κ2) is 11.8. The topological polar surface area (TPSA) is 51.8 Å². The average molecular weight is 594 g/mol. The van der Waals surface area contributed by atoms with E-state index >= 15 is 0 Å². The first-order chi connectivity index (χ1) is 18.7. The first-order valence-corrected chi connectivity index (χ1v) is 14.4. The highest BCUT2D eigenvalue weighted by molar-refractivity contribution is 7.95. The van der Waals surface area contributed by atoms with Crippen LogP contribution in [0.4, 0.5) is 0 Å². The van der Waals surface area contributed by atoms with Crippen molar-refractivity contribution in [3.05, 3.63) is 156 Å². The standard InChI is InChI=1S/C33H25NO3P.BrH/c35-33-31(34-32(37-33)25-13-5-1-6-14-25)23-26-21-22-27(36-26)24-38(28-15-7-2-8-16-28,29-17-9-3-10-18-29)30-19-11-4-12-20-30;/h1-23H,24H2;1H/q+1;/p-1/b31-23-;. The lowest BCUT2D eigenvalue weighted by Crippen LogP contribution is -3.00. The number of carbonyl (C=O) groups is 1. The number of esters is 1. The molecular weight excluding hydrogens is 569 g/mol. The first-order valence-electron chi connectivity index (χ1n) is 12.4. The molecule has 0 atom stereocenters. The summed E-state index contributed by atoms with van der Waals surface area (Å²) < 4.78 is 11.7. The van der Waals surface area contributed by atoms with Gasteiger partial charge < -0.3 is 26.1 Å². The van der Waals surface area contributed by atoms with E-state index in [4.69, 9.17) is 9.15 Å². The van der Waals surface area contributed by atoms with Crippen LogP contribution in [0.1, 0.15) is 17.1 Å². The summed E-state index contributed by atoms with van der Waals surface area (Å²) in [6, 6.07) is 45.3. The molecule has 192 valence electrons. The number of hydrogen-bond donors (Lipinski definition) is 0. The molecule has 0 fully saturated rings. The zero-order chi connectivity index (χ0) is 25.8. The van der Waals surface area contributed by atoms with Gasteiger partial charge in [0.1, 0.15) is 40.9 Å². The van der Waals surface area contributed by atoms with Crippen molar-refractivity contribution >= 4 is 41.1 Å². The molecule has 1 aliphatic heterocycles. The van der Waals surface area contributed by atoms with E-state index < -0.39 is 13.2 Å². The van der Waals surface area contributed by atoms with Gasteiger partial charge in [0.15, 0.2) is 5.70 Å². The number of furan rings is 1. The lowest BCUT2D eigenvalue weighted by molar-refractivity contribution is -0.129. The third-order valence-electron chi connectivity index (χ3n) is 6.59. The molecule has 0 radical (unpaired) electrons. The predicted octanol–water partition coefficient (Wildman–Crippen LogP) is 3.12. The monoisotopic (exact) mass is 593 g/mol. The molecule has 0 saturated carbocycles. The molecule has 5 aromatic rings. The Labute approximate surface area is 238 Å². The van der Waals surface area contributed by atoms with Crippen LogP contribution in [0.25, 0.3) is 6.08 Å². The van der Waals surface area contributed by atoms with Gasteiger partial charge in [-0.25, -0.2) is 9.79 Å². The van der Waals surface area contributed by atoms with Crippen molar-refractivity contribution in [1.29, 1.82) is 0 Å². The summed E-state index contributed by atoms with van der Waals surface area (Å²) in [6.07, 6.45) is 2.35. The lowest BCUT2D eigenvalue weighted by atomic mass is 10.2. The Morgan fingerprint density at radius 2 is 1.13 bits per heavy atom. The summed E-state index contributed by atoms with van der Waals surface area (Å²) in [5, 5.41) is 3.85. The first kappa shape index (κ1) is 26.6. The van der Waals surface area contributed by atoms with Crippen molar-refractivity contribution in [3.63, 3.8) is 0 Å². The van der Waals surface area contributed by atoms with Crippen molar-refractivity contribution < 1.29 is 30.9 Å². The maximum absolute atomic E-state index is 12.5. The minimum absolute atomic E-state index is 0. The number of ether oxygens (including phenoxy) is 1. The number of aliphatic imine (C=N–C) groups is 1. The van der Waals surface area contributed by atoms with Crippen molar-refractivity contribution in [1.82, 2.24) is 0 Å². The molecule has 0 spiro atoms. The molecular formula is C33H25BrNO3P. The Kier molecular flexibility index (Phi) is 8.02. The van der Waals surface area contributed by atoms with Gasteiger partial charge in [-0.2, -0.15) is 0 Å². The van der Waals surface area contributed by atoms with Gasteiger partial charge in [0.2, 0.25) is 5.90 Å². The number of hydrogen-bond acceptors (Lipinski definition) is 4. The summed E-state index contributed by atoms with van der Waals surface area (Å²) in [6.45, 7) is 0. The fourth-order valence-electron chi connectivity index (χ4n) is 4.81. The van der Waals surface area contributed by atoms with Gasteiger partial charge in [0, 0.05) is 11.6 Å². The average Bonchev–Trinajstić information content (AvgIpc) is 3.59. The van der Waals surface area contributed by atoms with Crippen molar-refractivity contribution in [2.45, 2.75) is 6.16 Å². The van der Waals surface area contributed by atoms with Crippen LogP contribution in [0.15, 0.2) is 149 Å². The SMILES string of the molecule is O=C1OC(c2ccccc2)=N/C1=C\c1ccc(C[P+](c2ccccc2)(c2ccccc2)c2ccccc2)o1.[Br-]. The molecule has 6 heteroatoms. The van der Waals surface area contributed by atoms with Gasteiger partial charge in [0.25, 0.3) is 0 Å². The molecule has 0 amide bonds. The molecule has 1 aliphatic rings. The predicted molar refractivity (Wildman–Crippen MR) is 155 cm³/mol. The number of cyclic esters (lactones) is 1. The number of halogens is 1. The lowest BCUT2D eigenvalue weighted by Gasteiger charge is -2.26. The largest absolute Gasteiger partial charge is 1.00 e. The minimum atomic E-state index is -2.09. The molecule has 0 unspecified atom stereocenters. The molecule has 0 saturated heterocycles. The van der Waals surface area contributed by atoms with E-state index in [1.807, 2.05) is 42.5 Å².